The van der Waals surface area contributed by atoms with Crippen molar-refractivity contribution < 1.29 is 23.0 Å². The van der Waals surface area contributed by atoms with Gasteiger partial charge in [-0.25, -0.2) is 0 Å². The van der Waals surface area contributed by atoms with E-state index >= 15 is 0 Å². The second-order valence-electron chi connectivity index (χ2n) is 6.95. The number of thioether (sulfide) groups is 1. The third kappa shape index (κ3) is 6.58. The molecule has 3 rings (SSSR count). The molecule has 0 aliphatic rings. The fourth-order valence-corrected chi connectivity index (χ4v) is 3.84. The van der Waals surface area contributed by atoms with Crippen molar-refractivity contribution in [3.8, 4) is 11.5 Å². The first-order valence-corrected chi connectivity index (χ1v) is 11.5. The Bertz CT molecular complexity index is 1140. The van der Waals surface area contributed by atoms with Gasteiger partial charge in [-0.15, -0.1) is 11.8 Å². The molecule has 1 heterocycles. The number of nitrogens with one attached hydrogen (secondary N) is 2. The quantitative estimate of drug-likeness (QED) is 0.376. The van der Waals surface area contributed by atoms with Crippen LogP contribution in [-0.2, 0) is 11.3 Å². The van der Waals surface area contributed by atoms with Crippen molar-refractivity contribution in [2.75, 3.05) is 18.2 Å². The molecule has 0 bridgehead atoms. The zero-order valence-corrected chi connectivity index (χ0v) is 19.3. The van der Waals surface area contributed by atoms with Crippen molar-refractivity contribution in [1.82, 2.24) is 10.3 Å². The van der Waals surface area contributed by atoms with Crippen LogP contribution < -0.4 is 20.1 Å². The first kappa shape index (κ1) is 24.3. The zero-order chi connectivity index (χ0) is 23.8. The van der Waals surface area contributed by atoms with Crippen LogP contribution >= 0.6 is 11.8 Å². The number of benzene rings is 2. The number of allylic oxidation sites excluding steroid dienone is 1. The van der Waals surface area contributed by atoms with Gasteiger partial charge in [-0.1, -0.05) is 0 Å². The Balaban J connectivity index is 1.72. The highest BCUT2D eigenvalue weighted by atomic mass is 32.2. The normalized spacial score (nSPS) is 11.8. The Labute approximate surface area is 195 Å². The van der Waals surface area contributed by atoms with E-state index in [9.17, 15) is 13.6 Å². The SMILES string of the molecule is CCOc1ccc2nccc(CN/C(C)=C(/SC)C(=O)Nc3ccc(OC(F)F)cc3)c2c1. The fraction of sp³-hybridized carbons (Fsp3) is 0.250. The van der Waals surface area contributed by atoms with Crippen LogP contribution in [0.25, 0.3) is 10.9 Å². The number of carbonyl (C=O) groups is 1. The molecular formula is C24H25F2N3O3S. The maximum Gasteiger partial charge on any atom is 0.387 e. The summed E-state index contributed by atoms with van der Waals surface area (Å²) in [6, 6.07) is 13.5. The number of anilines is 1. The molecule has 3 aromatic rings. The molecule has 0 radical (unpaired) electrons. The maximum absolute atomic E-state index is 12.8. The van der Waals surface area contributed by atoms with Crippen molar-refractivity contribution in [2.45, 2.75) is 27.0 Å². The lowest BCUT2D eigenvalue weighted by Crippen LogP contribution is -2.19. The predicted octanol–water partition coefficient (Wildman–Crippen LogP) is 5.56. The molecule has 0 aliphatic carbocycles. The van der Waals surface area contributed by atoms with Crippen LogP contribution in [0, 0.1) is 0 Å². The lowest BCUT2D eigenvalue weighted by atomic mass is 10.1. The van der Waals surface area contributed by atoms with Crippen LogP contribution in [-0.4, -0.2) is 30.4 Å². The second-order valence-corrected chi connectivity index (χ2v) is 7.77. The smallest absolute Gasteiger partial charge is 0.387 e. The van der Waals surface area contributed by atoms with Crippen LogP contribution in [0.3, 0.4) is 0 Å². The van der Waals surface area contributed by atoms with E-state index in [0.29, 0.717) is 29.4 Å². The van der Waals surface area contributed by atoms with Crippen LogP contribution in [0.5, 0.6) is 11.5 Å². The van der Waals surface area contributed by atoms with Crippen LogP contribution in [0.4, 0.5) is 14.5 Å². The Hall–Kier alpha value is -3.33. The molecular weight excluding hydrogens is 448 g/mol. The number of alkyl halides is 2. The van der Waals surface area contributed by atoms with Crippen LogP contribution in [0.1, 0.15) is 19.4 Å². The van der Waals surface area contributed by atoms with Gasteiger partial charge in [0.05, 0.1) is 17.0 Å². The molecule has 0 saturated carbocycles. The average molecular weight is 474 g/mol. The van der Waals surface area contributed by atoms with Crippen molar-refractivity contribution in [3.05, 3.63) is 70.9 Å². The van der Waals surface area contributed by atoms with Gasteiger partial charge in [-0.3, -0.25) is 9.78 Å². The van der Waals surface area contributed by atoms with E-state index in [2.05, 4.69) is 20.4 Å². The number of pyridine rings is 1. The van der Waals surface area contributed by atoms with E-state index in [1.165, 1.54) is 36.0 Å². The summed E-state index contributed by atoms with van der Waals surface area (Å²) in [6.45, 7) is 1.95. The number of hydrogen-bond donors (Lipinski definition) is 2. The van der Waals surface area contributed by atoms with Crippen LogP contribution in [0.15, 0.2) is 65.3 Å². The number of aromatic nitrogens is 1. The minimum atomic E-state index is -2.89. The predicted molar refractivity (Wildman–Crippen MR) is 128 cm³/mol. The number of nitrogens with zero attached hydrogens (tertiary/aromatic N) is 1. The van der Waals surface area contributed by atoms with Gasteiger partial charge < -0.3 is 20.1 Å². The molecule has 0 aliphatic heterocycles. The van der Waals surface area contributed by atoms with Crippen molar-refractivity contribution >= 4 is 34.3 Å². The topological polar surface area (TPSA) is 72.5 Å². The van der Waals surface area contributed by atoms with E-state index in [-0.39, 0.29) is 11.7 Å². The Morgan fingerprint density at radius 2 is 1.85 bits per heavy atom. The third-order valence-electron chi connectivity index (χ3n) is 4.75. The van der Waals surface area contributed by atoms with Crippen molar-refractivity contribution in [1.29, 1.82) is 0 Å². The maximum atomic E-state index is 12.8. The molecule has 174 valence electrons. The van der Waals surface area contributed by atoms with Gasteiger partial charge in [-0.05, 0) is 74.2 Å². The number of carbonyl (C=O) groups excluding carboxylic acids is 1. The van der Waals surface area contributed by atoms with Gasteiger partial charge in [0.15, 0.2) is 0 Å². The molecule has 2 aromatic carbocycles. The molecule has 33 heavy (non-hydrogen) atoms. The summed E-state index contributed by atoms with van der Waals surface area (Å²) in [5.74, 6) is 0.507. The number of fused-ring (bicyclic) bond motifs is 1. The lowest BCUT2D eigenvalue weighted by Gasteiger charge is -2.14. The molecule has 0 spiro atoms. The highest BCUT2D eigenvalue weighted by Gasteiger charge is 2.14. The molecule has 0 fully saturated rings. The van der Waals surface area contributed by atoms with E-state index in [1.54, 1.807) is 6.20 Å². The number of ether oxygens (including phenoxy) is 2. The summed E-state index contributed by atoms with van der Waals surface area (Å²) in [7, 11) is 0. The Morgan fingerprint density at radius 1 is 1.12 bits per heavy atom. The molecule has 9 heteroatoms. The zero-order valence-electron chi connectivity index (χ0n) is 18.5. The molecule has 2 N–H and O–H groups in total. The molecule has 1 aromatic heterocycles. The summed E-state index contributed by atoms with van der Waals surface area (Å²) in [6.07, 6.45) is 3.57. The largest absolute Gasteiger partial charge is 0.494 e. The van der Waals surface area contributed by atoms with Gasteiger partial charge in [0.25, 0.3) is 5.91 Å². The number of rotatable bonds is 10. The van der Waals surface area contributed by atoms with E-state index in [4.69, 9.17) is 4.74 Å². The van der Waals surface area contributed by atoms with Gasteiger partial charge in [0.1, 0.15) is 11.5 Å². The van der Waals surface area contributed by atoms with Gasteiger partial charge >= 0.3 is 6.61 Å². The fourth-order valence-electron chi connectivity index (χ4n) is 3.22. The third-order valence-corrected chi connectivity index (χ3v) is 5.65. The summed E-state index contributed by atoms with van der Waals surface area (Å²) >= 11 is 1.31. The first-order valence-electron chi connectivity index (χ1n) is 10.3. The van der Waals surface area contributed by atoms with Gasteiger partial charge in [0.2, 0.25) is 0 Å². The monoisotopic (exact) mass is 473 g/mol. The van der Waals surface area contributed by atoms with Crippen molar-refractivity contribution in [2.24, 2.45) is 0 Å². The molecule has 0 saturated heterocycles. The summed E-state index contributed by atoms with van der Waals surface area (Å²) in [4.78, 5) is 17.7. The molecule has 6 nitrogen and oxygen atoms in total. The number of hydrogen-bond acceptors (Lipinski definition) is 6. The van der Waals surface area contributed by atoms with Crippen molar-refractivity contribution in [3.63, 3.8) is 0 Å². The van der Waals surface area contributed by atoms with E-state index < -0.39 is 6.61 Å². The van der Waals surface area contributed by atoms with E-state index in [0.717, 1.165) is 22.2 Å². The Morgan fingerprint density at radius 3 is 2.52 bits per heavy atom. The average Bonchev–Trinajstić information content (AvgIpc) is 2.79. The van der Waals surface area contributed by atoms with E-state index in [1.807, 2.05) is 44.4 Å². The first-order chi connectivity index (χ1) is 15.9. The molecule has 1 amide bonds. The highest BCUT2D eigenvalue weighted by molar-refractivity contribution is 8.03. The highest BCUT2D eigenvalue weighted by Crippen LogP contribution is 2.24. The second kappa shape index (κ2) is 11.5. The Kier molecular flexibility index (Phi) is 8.48. The summed E-state index contributed by atoms with van der Waals surface area (Å²) in [5, 5.41) is 7.07. The number of halogens is 2. The molecule has 0 atom stereocenters. The standard InChI is InChI=1S/C24H25F2N3O3S/c1-4-31-19-9-10-21-20(13-19)16(11-12-27-21)14-28-15(2)22(33-3)23(30)29-17-5-7-18(8-6-17)32-24(25)26/h5-13,24,28H,4,14H2,1-3H3,(H,29,30)/b22-15+. The molecule has 0 unspecified atom stereocenters. The number of amides is 1. The minimum Gasteiger partial charge on any atom is -0.494 e. The van der Waals surface area contributed by atoms with Gasteiger partial charge in [0, 0.05) is 29.5 Å². The lowest BCUT2D eigenvalue weighted by molar-refractivity contribution is -0.112. The van der Waals surface area contributed by atoms with Gasteiger partial charge in [-0.2, -0.15) is 8.78 Å². The van der Waals surface area contributed by atoms with Crippen LogP contribution in [0.2, 0.25) is 0 Å². The summed E-state index contributed by atoms with van der Waals surface area (Å²) < 4.78 is 34.5. The minimum absolute atomic E-state index is 0.0264. The summed E-state index contributed by atoms with van der Waals surface area (Å²) in [5.41, 5.74) is 3.07.